The fourth-order valence-corrected chi connectivity index (χ4v) is 5.53. The van der Waals surface area contributed by atoms with Crippen molar-refractivity contribution < 1.29 is 14.2 Å². The van der Waals surface area contributed by atoms with Gasteiger partial charge in [0.15, 0.2) is 0 Å². The number of hydrogen-bond acceptors (Lipinski definition) is 3. The summed E-state index contributed by atoms with van der Waals surface area (Å²) < 4.78 is 21.6. The summed E-state index contributed by atoms with van der Waals surface area (Å²) in [7, 11) is 0. The smallest absolute Gasteiger partial charge is 0.149 e. The lowest BCUT2D eigenvalue weighted by Crippen LogP contribution is -2.36. The molecule has 0 bridgehead atoms. The summed E-state index contributed by atoms with van der Waals surface area (Å²) in [4.78, 5) is 0. The van der Waals surface area contributed by atoms with Crippen molar-refractivity contribution >= 4 is 47.8 Å². The van der Waals surface area contributed by atoms with Crippen LogP contribution in [0.15, 0.2) is 49.8 Å². The molecule has 0 fully saturated rings. The van der Waals surface area contributed by atoms with Gasteiger partial charge in [0, 0.05) is 0 Å². The van der Waals surface area contributed by atoms with Crippen molar-refractivity contribution in [3.8, 4) is 34.5 Å². The zero-order chi connectivity index (χ0) is 17.8. The third-order valence-electron chi connectivity index (χ3n) is 5.35. The minimum Gasteiger partial charge on any atom is -0.455 e. The lowest BCUT2D eigenvalue weighted by atomic mass is 9.66. The Bertz CT molecular complexity index is 1030. The Kier molecular flexibility index (Phi) is 2.90. The van der Waals surface area contributed by atoms with Crippen molar-refractivity contribution in [2.45, 2.75) is 12.3 Å². The molecule has 0 atom stereocenters. The Morgan fingerprint density at radius 1 is 0.577 bits per heavy atom. The molecule has 6 rings (SSSR count). The first-order valence-electron chi connectivity index (χ1n) is 8.02. The fraction of sp³-hybridized carbons (Fsp3) is 0.100. The normalized spacial score (nSPS) is 16.2. The van der Waals surface area contributed by atoms with Crippen molar-refractivity contribution in [1.29, 1.82) is 0 Å². The van der Waals surface area contributed by atoms with Crippen LogP contribution in [-0.4, -0.2) is 0 Å². The van der Waals surface area contributed by atoms with E-state index in [2.05, 4.69) is 54.7 Å². The molecule has 0 spiro atoms. The Morgan fingerprint density at radius 2 is 0.885 bits per heavy atom. The number of ether oxygens (including phenoxy) is 3. The van der Waals surface area contributed by atoms with Crippen LogP contribution >= 0.6 is 47.8 Å². The van der Waals surface area contributed by atoms with Gasteiger partial charge in [-0.2, -0.15) is 0 Å². The Morgan fingerprint density at radius 3 is 1.19 bits per heavy atom. The topological polar surface area (TPSA) is 27.7 Å². The second kappa shape index (κ2) is 4.86. The van der Waals surface area contributed by atoms with E-state index >= 15 is 0 Å². The largest absolute Gasteiger partial charge is 0.455 e. The highest BCUT2D eigenvalue weighted by Crippen LogP contribution is 2.68. The zero-order valence-corrected chi connectivity index (χ0v) is 18.1. The molecule has 0 unspecified atom stereocenters. The zero-order valence-electron chi connectivity index (χ0n) is 13.3. The molecule has 26 heavy (non-hydrogen) atoms. The molecule has 0 saturated carbocycles. The highest BCUT2D eigenvalue weighted by atomic mass is 79.9. The number of benzene rings is 3. The standard InChI is InChI=1S/C20H9Br3O3/c1-20-14-11-5-2-8(21)17(14)25-12-6-3-10(23)19(15(12)20)26-13-7-4-9(22)18(24-11)16(13)20/h2-7H,1H3. The summed E-state index contributed by atoms with van der Waals surface area (Å²) in [5.74, 6) is 4.79. The predicted octanol–water partition coefficient (Wildman–Crippen LogP) is 7.65. The van der Waals surface area contributed by atoms with Crippen LogP contribution in [0.1, 0.15) is 23.6 Å². The van der Waals surface area contributed by atoms with Crippen molar-refractivity contribution in [2.24, 2.45) is 0 Å². The van der Waals surface area contributed by atoms with E-state index in [-0.39, 0.29) is 0 Å². The fourth-order valence-electron chi connectivity index (χ4n) is 4.30. The van der Waals surface area contributed by atoms with Crippen molar-refractivity contribution in [3.05, 3.63) is 66.5 Å². The van der Waals surface area contributed by atoms with Gasteiger partial charge in [-0.15, -0.1) is 0 Å². The first-order chi connectivity index (χ1) is 12.5. The predicted molar refractivity (Wildman–Crippen MR) is 108 cm³/mol. The van der Waals surface area contributed by atoms with Crippen molar-refractivity contribution in [1.82, 2.24) is 0 Å². The van der Waals surface area contributed by atoms with Gasteiger partial charge in [0.1, 0.15) is 34.5 Å². The van der Waals surface area contributed by atoms with Crippen molar-refractivity contribution in [2.75, 3.05) is 0 Å². The van der Waals surface area contributed by atoms with E-state index in [0.29, 0.717) is 0 Å². The molecule has 0 radical (unpaired) electrons. The first kappa shape index (κ1) is 15.5. The van der Waals surface area contributed by atoms with Crippen LogP contribution in [0.25, 0.3) is 0 Å². The van der Waals surface area contributed by atoms with Gasteiger partial charge < -0.3 is 14.2 Å². The van der Waals surface area contributed by atoms with E-state index in [1.54, 1.807) is 0 Å². The van der Waals surface area contributed by atoms with Gasteiger partial charge in [-0.1, -0.05) is 0 Å². The summed E-state index contributed by atoms with van der Waals surface area (Å²) in [6, 6.07) is 11.8. The van der Waals surface area contributed by atoms with Crippen LogP contribution in [0.5, 0.6) is 34.5 Å². The number of rotatable bonds is 0. The quantitative estimate of drug-likeness (QED) is 0.231. The molecule has 3 aliphatic heterocycles. The maximum absolute atomic E-state index is 6.29. The van der Waals surface area contributed by atoms with E-state index in [0.717, 1.165) is 64.6 Å². The lowest BCUT2D eigenvalue weighted by molar-refractivity contribution is 0.334. The van der Waals surface area contributed by atoms with E-state index in [1.807, 2.05) is 36.4 Å². The lowest BCUT2D eigenvalue weighted by Gasteiger charge is -2.46. The van der Waals surface area contributed by atoms with Gasteiger partial charge in [0.25, 0.3) is 0 Å². The second-order valence-corrected chi connectivity index (χ2v) is 9.24. The van der Waals surface area contributed by atoms with Crippen molar-refractivity contribution in [3.63, 3.8) is 0 Å². The Labute approximate surface area is 174 Å². The molecule has 0 N–H and O–H groups in total. The summed E-state index contributed by atoms with van der Waals surface area (Å²) in [6.07, 6.45) is 0. The average molecular weight is 537 g/mol. The number of halogens is 3. The maximum atomic E-state index is 6.29. The van der Waals surface area contributed by atoms with Gasteiger partial charge in [-0.05, 0) is 91.1 Å². The summed E-state index contributed by atoms with van der Waals surface area (Å²) >= 11 is 10.9. The molecule has 0 aromatic heterocycles. The number of hydrogen-bond donors (Lipinski definition) is 0. The average Bonchev–Trinajstić information content (AvgIpc) is 2.62. The van der Waals surface area contributed by atoms with E-state index < -0.39 is 5.41 Å². The third kappa shape index (κ3) is 1.65. The minimum atomic E-state index is -0.438. The van der Waals surface area contributed by atoms with E-state index in [4.69, 9.17) is 14.2 Å². The molecular formula is C20H9Br3O3. The van der Waals surface area contributed by atoms with Gasteiger partial charge in [-0.25, -0.2) is 0 Å². The van der Waals surface area contributed by atoms with Gasteiger partial charge in [0.05, 0.1) is 35.5 Å². The molecule has 3 nitrogen and oxygen atoms in total. The van der Waals surface area contributed by atoms with Crippen LogP contribution in [0, 0.1) is 0 Å². The highest BCUT2D eigenvalue weighted by Gasteiger charge is 2.53. The molecular weight excluding hydrogens is 528 g/mol. The van der Waals surface area contributed by atoms with Crippen LogP contribution in [0.2, 0.25) is 0 Å². The van der Waals surface area contributed by atoms with Crippen LogP contribution in [0.4, 0.5) is 0 Å². The highest BCUT2D eigenvalue weighted by molar-refractivity contribution is 9.11. The molecule has 3 aliphatic rings. The summed E-state index contributed by atoms with van der Waals surface area (Å²) in [6.45, 7) is 2.22. The van der Waals surface area contributed by atoms with Gasteiger partial charge in [0.2, 0.25) is 0 Å². The monoisotopic (exact) mass is 534 g/mol. The van der Waals surface area contributed by atoms with Gasteiger partial charge in [-0.3, -0.25) is 0 Å². The van der Waals surface area contributed by atoms with Crippen LogP contribution < -0.4 is 14.2 Å². The van der Waals surface area contributed by atoms with E-state index in [9.17, 15) is 0 Å². The molecule has 6 heteroatoms. The van der Waals surface area contributed by atoms with Crippen LogP contribution in [0.3, 0.4) is 0 Å². The Balaban J connectivity index is 1.86. The first-order valence-corrected chi connectivity index (χ1v) is 10.4. The molecule has 0 saturated heterocycles. The van der Waals surface area contributed by atoms with E-state index in [1.165, 1.54) is 0 Å². The Hall–Kier alpha value is -1.50. The molecule has 3 aromatic rings. The SMILES string of the molecule is CC12c3c4ccc(Br)c3Oc3ccc(Br)c(c31)Oc1ccc(Br)c(c12)O4. The molecule has 3 aromatic carbocycles. The maximum Gasteiger partial charge on any atom is 0.149 e. The summed E-state index contributed by atoms with van der Waals surface area (Å²) in [5, 5.41) is 0. The molecule has 0 aliphatic carbocycles. The second-order valence-electron chi connectivity index (χ2n) is 6.68. The third-order valence-corrected chi connectivity index (χ3v) is 7.22. The van der Waals surface area contributed by atoms with Crippen LogP contribution in [-0.2, 0) is 5.41 Å². The molecule has 128 valence electrons. The van der Waals surface area contributed by atoms with Gasteiger partial charge >= 0.3 is 0 Å². The minimum absolute atomic E-state index is 0.438. The molecule has 3 heterocycles. The summed E-state index contributed by atoms with van der Waals surface area (Å²) in [5.41, 5.74) is 2.63. The molecule has 0 amide bonds.